The van der Waals surface area contributed by atoms with Crippen LogP contribution in [-0.4, -0.2) is 25.7 Å². The van der Waals surface area contributed by atoms with Crippen LogP contribution in [0.3, 0.4) is 0 Å². The van der Waals surface area contributed by atoms with Crippen molar-refractivity contribution in [2.45, 2.75) is 13.8 Å². The minimum absolute atomic E-state index is 0.0813. The van der Waals surface area contributed by atoms with E-state index >= 15 is 0 Å². The molecule has 0 unspecified atom stereocenters. The Bertz CT molecular complexity index is 743. The third-order valence-electron chi connectivity index (χ3n) is 2.60. The van der Waals surface area contributed by atoms with Gasteiger partial charge in [-0.3, -0.25) is 4.79 Å². The first kappa shape index (κ1) is 11.8. The van der Waals surface area contributed by atoms with E-state index in [0.717, 1.165) is 27.0 Å². The van der Waals surface area contributed by atoms with Crippen LogP contribution in [0.5, 0.6) is 0 Å². The fraction of sp³-hybridized carbons (Fsp3) is 0.167. The fourth-order valence-corrected chi connectivity index (χ4v) is 2.62. The standard InChI is InChI=1S/C12H11N5OS/c1-7-14-15-12-17(7)16-11(19-12)9-3-5-10(6-4-9)13-8(2)18/h3-6H,1-2H3,(H,13,18). The molecule has 0 bridgehead atoms. The smallest absolute Gasteiger partial charge is 0.234 e. The van der Waals surface area contributed by atoms with Crippen LogP contribution in [0.4, 0.5) is 5.69 Å². The molecule has 96 valence electrons. The Hall–Kier alpha value is -2.28. The molecule has 7 heteroatoms. The van der Waals surface area contributed by atoms with Gasteiger partial charge in [-0.05, 0) is 31.2 Å². The summed E-state index contributed by atoms with van der Waals surface area (Å²) in [7, 11) is 0. The van der Waals surface area contributed by atoms with Crippen molar-refractivity contribution in [1.29, 1.82) is 0 Å². The number of carbonyl (C=O) groups excluding carboxylic acids is 1. The second-order valence-electron chi connectivity index (χ2n) is 4.11. The lowest BCUT2D eigenvalue weighted by Gasteiger charge is -2.02. The number of aromatic nitrogens is 4. The molecule has 0 fully saturated rings. The molecule has 0 radical (unpaired) electrons. The molecule has 1 amide bonds. The van der Waals surface area contributed by atoms with Gasteiger partial charge in [-0.25, -0.2) is 0 Å². The molecule has 0 saturated carbocycles. The van der Waals surface area contributed by atoms with Crippen LogP contribution < -0.4 is 5.32 Å². The summed E-state index contributed by atoms with van der Waals surface area (Å²) < 4.78 is 1.72. The number of rotatable bonds is 2. The van der Waals surface area contributed by atoms with Gasteiger partial charge in [-0.2, -0.15) is 9.61 Å². The first-order chi connectivity index (χ1) is 9.13. The molecule has 0 aliphatic rings. The van der Waals surface area contributed by atoms with E-state index < -0.39 is 0 Å². The lowest BCUT2D eigenvalue weighted by atomic mass is 10.2. The molecule has 0 saturated heterocycles. The summed E-state index contributed by atoms with van der Waals surface area (Å²) in [4.78, 5) is 11.7. The van der Waals surface area contributed by atoms with Crippen LogP contribution in [0, 0.1) is 6.92 Å². The summed E-state index contributed by atoms with van der Waals surface area (Å²) in [6.07, 6.45) is 0. The Kier molecular flexibility index (Phi) is 2.75. The van der Waals surface area contributed by atoms with Crippen molar-refractivity contribution in [2.24, 2.45) is 0 Å². The van der Waals surface area contributed by atoms with Crippen LogP contribution in [0.15, 0.2) is 24.3 Å². The van der Waals surface area contributed by atoms with E-state index in [0.29, 0.717) is 0 Å². The van der Waals surface area contributed by atoms with E-state index in [1.807, 2.05) is 31.2 Å². The van der Waals surface area contributed by atoms with Gasteiger partial charge in [0.25, 0.3) is 0 Å². The average molecular weight is 273 g/mol. The monoisotopic (exact) mass is 273 g/mol. The highest BCUT2D eigenvalue weighted by atomic mass is 32.1. The molecular formula is C12H11N5OS. The number of hydrogen-bond donors (Lipinski definition) is 1. The Balaban J connectivity index is 1.94. The van der Waals surface area contributed by atoms with E-state index in [9.17, 15) is 4.79 Å². The summed E-state index contributed by atoms with van der Waals surface area (Å²) in [5.74, 6) is 0.689. The summed E-state index contributed by atoms with van der Waals surface area (Å²) in [6, 6.07) is 7.55. The van der Waals surface area contributed by atoms with E-state index in [2.05, 4.69) is 20.6 Å². The number of fused-ring (bicyclic) bond motifs is 1. The zero-order valence-corrected chi connectivity index (χ0v) is 11.2. The molecule has 2 heterocycles. The Morgan fingerprint density at radius 1 is 1.26 bits per heavy atom. The first-order valence-electron chi connectivity index (χ1n) is 5.70. The van der Waals surface area contributed by atoms with Crippen molar-refractivity contribution in [3.8, 4) is 10.6 Å². The zero-order valence-electron chi connectivity index (χ0n) is 10.4. The van der Waals surface area contributed by atoms with Crippen molar-refractivity contribution in [2.75, 3.05) is 5.32 Å². The van der Waals surface area contributed by atoms with Crippen LogP contribution in [0.1, 0.15) is 12.7 Å². The van der Waals surface area contributed by atoms with Crippen molar-refractivity contribution >= 4 is 27.9 Å². The Morgan fingerprint density at radius 3 is 2.63 bits per heavy atom. The first-order valence-corrected chi connectivity index (χ1v) is 6.52. The van der Waals surface area contributed by atoms with Crippen molar-refractivity contribution < 1.29 is 4.79 Å². The normalized spacial score (nSPS) is 10.8. The van der Waals surface area contributed by atoms with Crippen molar-refractivity contribution in [3.63, 3.8) is 0 Å². The topological polar surface area (TPSA) is 72.2 Å². The quantitative estimate of drug-likeness (QED) is 0.776. The lowest BCUT2D eigenvalue weighted by Crippen LogP contribution is -2.05. The number of carbonyl (C=O) groups is 1. The molecule has 6 nitrogen and oxygen atoms in total. The second kappa shape index (κ2) is 4.43. The predicted octanol–water partition coefficient (Wildman–Crippen LogP) is 2.12. The molecular weight excluding hydrogens is 262 g/mol. The SMILES string of the molecule is CC(=O)Nc1ccc(-c2nn3c(C)nnc3s2)cc1. The Labute approximate surface area is 113 Å². The largest absolute Gasteiger partial charge is 0.326 e. The highest BCUT2D eigenvalue weighted by molar-refractivity contribution is 7.19. The minimum Gasteiger partial charge on any atom is -0.326 e. The maximum Gasteiger partial charge on any atom is 0.234 e. The summed E-state index contributed by atoms with van der Waals surface area (Å²) in [5.41, 5.74) is 1.76. The Morgan fingerprint density at radius 2 is 2.00 bits per heavy atom. The van der Waals surface area contributed by atoms with E-state index in [1.54, 1.807) is 4.52 Å². The molecule has 3 rings (SSSR count). The molecule has 0 aliphatic heterocycles. The summed E-state index contributed by atoms with van der Waals surface area (Å²) in [5, 5.41) is 16.0. The van der Waals surface area contributed by atoms with Gasteiger partial charge in [0.05, 0.1) is 0 Å². The van der Waals surface area contributed by atoms with Gasteiger partial charge >= 0.3 is 0 Å². The van der Waals surface area contributed by atoms with Gasteiger partial charge in [-0.15, -0.1) is 10.2 Å². The van der Waals surface area contributed by atoms with Crippen molar-refractivity contribution in [3.05, 3.63) is 30.1 Å². The van der Waals surface area contributed by atoms with E-state index in [1.165, 1.54) is 18.3 Å². The molecule has 3 aromatic rings. The van der Waals surface area contributed by atoms with Crippen LogP contribution >= 0.6 is 11.3 Å². The van der Waals surface area contributed by atoms with E-state index in [-0.39, 0.29) is 5.91 Å². The fourth-order valence-electron chi connectivity index (χ4n) is 1.73. The van der Waals surface area contributed by atoms with Gasteiger partial charge in [0, 0.05) is 18.2 Å². The van der Waals surface area contributed by atoms with Crippen LogP contribution in [-0.2, 0) is 4.79 Å². The molecule has 0 aliphatic carbocycles. The van der Waals surface area contributed by atoms with Gasteiger partial charge < -0.3 is 5.32 Å². The van der Waals surface area contributed by atoms with Crippen molar-refractivity contribution in [1.82, 2.24) is 19.8 Å². The van der Waals surface area contributed by atoms with E-state index in [4.69, 9.17) is 0 Å². The number of nitrogens with zero attached hydrogens (tertiary/aromatic N) is 4. The third kappa shape index (κ3) is 2.19. The van der Waals surface area contributed by atoms with Gasteiger partial charge in [0.15, 0.2) is 5.82 Å². The second-order valence-corrected chi connectivity index (χ2v) is 5.06. The highest BCUT2D eigenvalue weighted by Gasteiger charge is 2.10. The highest BCUT2D eigenvalue weighted by Crippen LogP contribution is 2.26. The maximum atomic E-state index is 10.9. The molecule has 0 atom stereocenters. The average Bonchev–Trinajstić information content (AvgIpc) is 2.92. The molecule has 2 aromatic heterocycles. The minimum atomic E-state index is -0.0813. The molecule has 19 heavy (non-hydrogen) atoms. The molecule has 1 aromatic carbocycles. The molecule has 1 N–H and O–H groups in total. The summed E-state index contributed by atoms with van der Waals surface area (Å²) >= 11 is 1.48. The maximum absolute atomic E-state index is 10.9. The van der Waals surface area contributed by atoms with Gasteiger partial charge in [-0.1, -0.05) is 11.3 Å². The third-order valence-corrected chi connectivity index (χ3v) is 3.55. The number of hydrogen-bond acceptors (Lipinski definition) is 5. The van der Waals surface area contributed by atoms with Gasteiger partial charge in [0.2, 0.25) is 10.9 Å². The molecule has 0 spiro atoms. The number of benzene rings is 1. The van der Waals surface area contributed by atoms with Gasteiger partial charge in [0.1, 0.15) is 5.01 Å². The number of amides is 1. The summed E-state index contributed by atoms with van der Waals surface area (Å²) in [6.45, 7) is 3.35. The van der Waals surface area contributed by atoms with Crippen LogP contribution in [0.2, 0.25) is 0 Å². The number of aryl methyl sites for hydroxylation is 1. The lowest BCUT2D eigenvalue weighted by molar-refractivity contribution is -0.114. The number of nitrogens with one attached hydrogen (secondary N) is 1. The predicted molar refractivity (Wildman–Crippen MR) is 73.1 cm³/mol. The number of anilines is 1. The zero-order chi connectivity index (χ0) is 13.4. The van der Waals surface area contributed by atoms with Crippen LogP contribution in [0.25, 0.3) is 15.5 Å².